The number of halogens is 1. The van der Waals surface area contributed by atoms with Crippen LogP contribution in [0.2, 0.25) is 0 Å². The van der Waals surface area contributed by atoms with Crippen LogP contribution in [0, 0.1) is 13.8 Å². The molecule has 2 rings (SSSR count). The molecule has 0 bridgehead atoms. The second-order valence-electron chi connectivity index (χ2n) is 4.53. The van der Waals surface area contributed by atoms with Gasteiger partial charge in [-0.3, -0.25) is 4.79 Å². The lowest BCUT2D eigenvalue weighted by Crippen LogP contribution is -2.15. The minimum atomic E-state index is -0.0596. The topological polar surface area (TPSA) is 42.0 Å². The summed E-state index contributed by atoms with van der Waals surface area (Å²) in [5.41, 5.74) is 2.96. The van der Waals surface area contributed by atoms with Crippen molar-refractivity contribution in [2.24, 2.45) is 0 Å². The highest BCUT2D eigenvalue weighted by atomic mass is 79.9. The molecule has 1 amide bonds. The summed E-state index contributed by atoms with van der Waals surface area (Å²) < 4.78 is 0.974. The first-order valence-corrected chi connectivity index (χ1v) is 6.82. The zero-order valence-electron chi connectivity index (χ0n) is 10.9. The van der Waals surface area contributed by atoms with Crippen LogP contribution in [0.4, 0.5) is 5.82 Å². The number of aromatic nitrogens is 1. The van der Waals surface area contributed by atoms with Gasteiger partial charge in [0.15, 0.2) is 0 Å². The van der Waals surface area contributed by atoms with Crippen molar-refractivity contribution >= 4 is 27.7 Å². The van der Waals surface area contributed by atoms with Gasteiger partial charge in [-0.25, -0.2) is 4.98 Å². The van der Waals surface area contributed by atoms with Gasteiger partial charge in [0.05, 0.1) is 6.42 Å². The number of anilines is 1. The number of benzene rings is 1. The van der Waals surface area contributed by atoms with Crippen LogP contribution >= 0.6 is 15.9 Å². The van der Waals surface area contributed by atoms with Crippen LogP contribution in [0.5, 0.6) is 0 Å². The van der Waals surface area contributed by atoms with Crippen molar-refractivity contribution in [1.29, 1.82) is 0 Å². The smallest absolute Gasteiger partial charge is 0.229 e. The van der Waals surface area contributed by atoms with Crippen molar-refractivity contribution < 1.29 is 4.79 Å². The van der Waals surface area contributed by atoms with E-state index >= 15 is 0 Å². The van der Waals surface area contributed by atoms with Gasteiger partial charge in [0, 0.05) is 10.2 Å². The first-order valence-electron chi connectivity index (χ1n) is 6.02. The Bertz CT molecular complexity index is 591. The molecule has 1 aromatic heterocycles. The summed E-state index contributed by atoms with van der Waals surface area (Å²) in [7, 11) is 0. The predicted octanol–water partition coefficient (Wildman–Crippen LogP) is 3.64. The molecule has 0 saturated carbocycles. The molecule has 0 saturated heterocycles. The molecule has 0 spiro atoms. The highest BCUT2D eigenvalue weighted by Gasteiger charge is 2.06. The van der Waals surface area contributed by atoms with E-state index in [-0.39, 0.29) is 5.91 Å². The van der Waals surface area contributed by atoms with Gasteiger partial charge in [0.1, 0.15) is 5.82 Å². The van der Waals surface area contributed by atoms with Gasteiger partial charge in [-0.1, -0.05) is 28.1 Å². The van der Waals surface area contributed by atoms with Crippen molar-refractivity contribution in [2.45, 2.75) is 20.3 Å². The molecule has 0 aliphatic heterocycles. The number of carbonyl (C=O) groups is 1. The van der Waals surface area contributed by atoms with Gasteiger partial charge < -0.3 is 5.32 Å². The summed E-state index contributed by atoms with van der Waals surface area (Å²) >= 11 is 3.39. The number of rotatable bonds is 3. The molecule has 0 aliphatic carbocycles. The van der Waals surface area contributed by atoms with Crippen molar-refractivity contribution in [2.75, 3.05) is 5.32 Å². The fraction of sp³-hybridized carbons (Fsp3) is 0.200. The highest BCUT2D eigenvalue weighted by molar-refractivity contribution is 9.10. The Balaban J connectivity index is 2.05. The first kappa shape index (κ1) is 13.7. The van der Waals surface area contributed by atoms with E-state index in [2.05, 4.69) is 26.2 Å². The Kier molecular flexibility index (Phi) is 4.32. The van der Waals surface area contributed by atoms with E-state index in [0.717, 1.165) is 21.3 Å². The molecule has 1 aromatic carbocycles. The number of hydrogen-bond donors (Lipinski definition) is 1. The molecule has 19 heavy (non-hydrogen) atoms. The van der Waals surface area contributed by atoms with E-state index in [9.17, 15) is 4.79 Å². The van der Waals surface area contributed by atoms with Crippen molar-refractivity contribution in [3.8, 4) is 0 Å². The number of nitrogens with one attached hydrogen (secondary N) is 1. The van der Waals surface area contributed by atoms with Crippen LogP contribution in [0.15, 0.2) is 40.9 Å². The molecule has 0 unspecified atom stereocenters. The highest BCUT2D eigenvalue weighted by Crippen LogP contribution is 2.13. The summed E-state index contributed by atoms with van der Waals surface area (Å²) in [5.74, 6) is 0.549. The van der Waals surface area contributed by atoms with E-state index in [4.69, 9.17) is 0 Å². The monoisotopic (exact) mass is 318 g/mol. The fourth-order valence-electron chi connectivity index (χ4n) is 1.92. The van der Waals surface area contributed by atoms with Crippen LogP contribution in [-0.2, 0) is 11.2 Å². The first-order chi connectivity index (χ1) is 9.02. The molecule has 0 aliphatic rings. The van der Waals surface area contributed by atoms with E-state index < -0.39 is 0 Å². The van der Waals surface area contributed by atoms with Gasteiger partial charge in [-0.2, -0.15) is 0 Å². The van der Waals surface area contributed by atoms with E-state index in [0.29, 0.717) is 12.2 Å². The van der Waals surface area contributed by atoms with Gasteiger partial charge in [0.25, 0.3) is 0 Å². The van der Waals surface area contributed by atoms with Crippen LogP contribution in [0.3, 0.4) is 0 Å². The lowest BCUT2D eigenvalue weighted by atomic mass is 10.1. The number of aryl methyl sites for hydroxylation is 2. The van der Waals surface area contributed by atoms with Gasteiger partial charge in [-0.05, 0) is 49.2 Å². The normalized spacial score (nSPS) is 10.3. The Labute approximate surface area is 121 Å². The third-order valence-electron chi connectivity index (χ3n) is 2.62. The zero-order valence-corrected chi connectivity index (χ0v) is 12.5. The average molecular weight is 319 g/mol. The molecular weight excluding hydrogens is 304 g/mol. The summed E-state index contributed by atoms with van der Waals surface area (Å²) in [6.45, 7) is 3.90. The van der Waals surface area contributed by atoms with Crippen molar-refractivity contribution in [3.63, 3.8) is 0 Å². The van der Waals surface area contributed by atoms with Crippen LogP contribution < -0.4 is 5.32 Å². The van der Waals surface area contributed by atoms with Crippen LogP contribution in [-0.4, -0.2) is 10.9 Å². The molecule has 1 heterocycles. The Morgan fingerprint density at radius 3 is 2.74 bits per heavy atom. The van der Waals surface area contributed by atoms with Gasteiger partial charge in [0.2, 0.25) is 5.91 Å². The van der Waals surface area contributed by atoms with Crippen molar-refractivity contribution in [3.05, 3.63) is 57.7 Å². The Morgan fingerprint density at radius 2 is 2.05 bits per heavy atom. The number of amides is 1. The van der Waals surface area contributed by atoms with Crippen molar-refractivity contribution in [1.82, 2.24) is 4.98 Å². The lowest BCUT2D eigenvalue weighted by Gasteiger charge is -2.07. The third-order valence-corrected chi connectivity index (χ3v) is 3.11. The molecule has 98 valence electrons. The molecule has 0 radical (unpaired) electrons. The minimum Gasteiger partial charge on any atom is -0.310 e. The van der Waals surface area contributed by atoms with E-state index in [1.54, 1.807) is 0 Å². The zero-order chi connectivity index (χ0) is 13.8. The van der Waals surface area contributed by atoms with E-state index in [1.165, 1.54) is 0 Å². The second kappa shape index (κ2) is 5.97. The summed E-state index contributed by atoms with van der Waals surface area (Å²) in [5, 5.41) is 2.83. The van der Waals surface area contributed by atoms with Crippen LogP contribution in [0.25, 0.3) is 0 Å². The van der Waals surface area contributed by atoms with Gasteiger partial charge in [-0.15, -0.1) is 0 Å². The average Bonchev–Trinajstić information content (AvgIpc) is 2.26. The summed E-state index contributed by atoms with van der Waals surface area (Å²) in [6.07, 6.45) is 0.341. The van der Waals surface area contributed by atoms with Crippen LogP contribution in [0.1, 0.15) is 16.8 Å². The Hall–Kier alpha value is -1.68. The fourth-order valence-corrected chi connectivity index (χ4v) is 2.37. The second-order valence-corrected chi connectivity index (χ2v) is 5.44. The summed E-state index contributed by atoms with van der Waals surface area (Å²) in [4.78, 5) is 16.2. The molecular formula is C15H15BrN2O. The quantitative estimate of drug-likeness (QED) is 0.938. The largest absolute Gasteiger partial charge is 0.310 e. The molecule has 3 nitrogen and oxygen atoms in total. The number of nitrogens with zero attached hydrogens (tertiary/aromatic N) is 1. The minimum absolute atomic E-state index is 0.0596. The number of carbonyl (C=O) groups excluding carboxylic acids is 1. The molecule has 4 heteroatoms. The number of pyridine rings is 1. The third kappa shape index (κ3) is 4.17. The molecule has 0 atom stereocenters. The maximum atomic E-state index is 11.9. The standard InChI is InChI=1S/C15H15BrN2O/c1-10-6-11(2)17-14(7-10)18-15(19)9-12-4-3-5-13(16)8-12/h3-8H,9H2,1-2H3,(H,17,18,19). The lowest BCUT2D eigenvalue weighted by molar-refractivity contribution is -0.115. The summed E-state index contributed by atoms with van der Waals surface area (Å²) in [6, 6.07) is 11.6. The van der Waals surface area contributed by atoms with Gasteiger partial charge >= 0.3 is 0 Å². The maximum absolute atomic E-state index is 11.9. The SMILES string of the molecule is Cc1cc(C)nc(NC(=O)Cc2cccc(Br)c2)c1. The maximum Gasteiger partial charge on any atom is 0.229 e. The Morgan fingerprint density at radius 1 is 1.26 bits per heavy atom. The number of hydrogen-bond acceptors (Lipinski definition) is 2. The molecule has 0 fully saturated rings. The van der Waals surface area contributed by atoms with E-state index in [1.807, 2.05) is 50.2 Å². The molecule has 2 aromatic rings. The predicted molar refractivity (Wildman–Crippen MR) is 80.2 cm³/mol. The molecule has 1 N–H and O–H groups in total.